The van der Waals surface area contributed by atoms with Gasteiger partial charge in [0.25, 0.3) is 0 Å². The Hall–Kier alpha value is -3.03. The van der Waals surface area contributed by atoms with E-state index >= 15 is 0 Å². The van der Waals surface area contributed by atoms with Crippen LogP contribution in [0, 0.1) is 11.8 Å². The van der Waals surface area contributed by atoms with Crippen LogP contribution in [0.4, 0.5) is 4.79 Å². The number of hydrogen-bond acceptors (Lipinski definition) is 6. The van der Waals surface area contributed by atoms with E-state index in [4.69, 9.17) is 14.3 Å². The van der Waals surface area contributed by atoms with Gasteiger partial charge in [-0.25, -0.2) is 4.79 Å². The van der Waals surface area contributed by atoms with Crippen molar-refractivity contribution in [2.75, 3.05) is 39.9 Å². The van der Waals surface area contributed by atoms with Crippen molar-refractivity contribution in [3.63, 3.8) is 0 Å². The van der Waals surface area contributed by atoms with E-state index in [1.807, 2.05) is 37.8 Å². The van der Waals surface area contributed by atoms with Gasteiger partial charge in [0.05, 0.1) is 18.9 Å². The van der Waals surface area contributed by atoms with Gasteiger partial charge in [-0.05, 0) is 82.1 Å². The third-order valence-electron chi connectivity index (χ3n) is 7.31. The molecule has 2 fully saturated rings. The van der Waals surface area contributed by atoms with Crippen molar-refractivity contribution in [3.05, 3.63) is 35.9 Å². The molecule has 4 rings (SSSR count). The van der Waals surface area contributed by atoms with E-state index in [9.17, 15) is 9.59 Å². The van der Waals surface area contributed by atoms with Gasteiger partial charge in [-0.3, -0.25) is 4.79 Å². The molecule has 0 N–H and O–H groups in total. The van der Waals surface area contributed by atoms with Crippen LogP contribution in [0.2, 0.25) is 0 Å². The smallest absolute Gasteiger partial charge is 0.410 e. The molecular formula is C29H41N3O5. The number of ether oxygens (including phenoxy) is 2. The summed E-state index contributed by atoms with van der Waals surface area (Å²) in [7, 11) is 1.54. The Morgan fingerprint density at radius 3 is 2.35 bits per heavy atom. The quantitative estimate of drug-likeness (QED) is 0.495. The number of likely N-dealkylation sites (tertiary alicyclic amines) is 2. The lowest BCUT2D eigenvalue weighted by molar-refractivity contribution is -0.134. The summed E-state index contributed by atoms with van der Waals surface area (Å²) in [6, 6.07) is 8.29. The van der Waals surface area contributed by atoms with E-state index in [1.165, 1.54) is 11.1 Å². The van der Waals surface area contributed by atoms with Gasteiger partial charge in [0, 0.05) is 32.0 Å². The fraction of sp³-hybridized carbons (Fsp3) is 0.621. The summed E-state index contributed by atoms with van der Waals surface area (Å²) >= 11 is 0. The second-order valence-corrected chi connectivity index (χ2v) is 11.3. The summed E-state index contributed by atoms with van der Waals surface area (Å²) in [5, 5.41) is 4.00. The molecule has 1 atom stereocenters. The molecule has 2 aliphatic heterocycles. The molecule has 3 aliphatic rings. The van der Waals surface area contributed by atoms with Crippen LogP contribution >= 0.6 is 0 Å². The molecule has 0 aromatic heterocycles. The van der Waals surface area contributed by atoms with Crippen LogP contribution in [-0.2, 0) is 14.4 Å². The number of amides is 2. The van der Waals surface area contributed by atoms with Crippen molar-refractivity contribution >= 4 is 23.3 Å². The van der Waals surface area contributed by atoms with E-state index < -0.39 is 5.60 Å². The molecular weight excluding hydrogens is 470 g/mol. The molecule has 0 radical (unpaired) electrons. The molecule has 8 heteroatoms. The molecule has 8 nitrogen and oxygen atoms in total. The average molecular weight is 512 g/mol. The third-order valence-corrected chi connectivity index (χ3v) is 7.31. The Morgan fingerprint density at radius 1 is 1.00 bits per heavy atom. The summed E-state index contributed by atoms with van der Waals surface area (Å²) in [5.74, 6) is 1.58. The van der Waals surface area contributed by atoms with Crippen LogP contribution in [0.3, 0.4) is 0 Å². The Labute approximate surface area is 220 Å². The van der Waals surface area contributed by atoms with Gasteiger partial charge >= 0.3 is 6.09 Å². The van der Waals surface area contributed by atoms with Gasteiger partial charge in [0.15, 0.2) is 0 Å². The second-order valence-electron chi connectivity index (χ2n) is 11.3. The minimum atomic E-state index is -0.464. The monoisotopic (exact) mass is 511 g/mol. The van der Waals surface area contributed by atoms with E-state index in [0.717, 1.165) is 56.5 Å². The number of oxime groups is 1. The second kappa shape index (κ2) is 12.0. The molecule has 1 aliphatic carbocycles. The predicted octanol–water partition coefficient (Wildman–Crippen LogP) is 5.13. The average Bonchev–Trinajstić information content (AvgIpc) is 3.36. The highest BCUT2D eigenvalue weighted by atomic mass is 16.6. The molecule has 0 spiro atoms. The van der Waals surface area contributed by atoms with Crippen molar-refractivity contribution < 1.29 is 23.9 Å². The topological polar surface area (TPSA) is 80.7 Å². The van der Waals surface area contributed by atoms with Crippen molar-refractivity contribution in [2.24, 2.45) is 17.0 Å². The van der Waals surface area contributed by atoms with Crippen LogP contribution in [0.25, 0.3) is 5.57 Å². The van der Waals surface area contributed by atoms with Gasteiger partial charge in [-0.1, -0.05) is 23.4 Å². The zero-order valence-corrected chi connectivity index (χ0v) is 22.7. The maximum atomic E-state index is 12.9. The molecule has 37 heavy (non-hydrogen) atoms. The zero-order chi connectivity index (χ0) is 26.4. The van der Waals surface area contributed by atoms with E-state index in [-0.39, 0.29) is 17.9 Å². The summed E-state index contributed by atoms with van der Waals surface area (Å²) in [6.45, 7) is 9.07. The molecule has 2 amide bonds. The highest BCUT2D eigenvalue weighted by Gasteiger charge is 2.30. The maximum absolute atomic E-state index is 12.9. The van der Waals surface area contributed by atoms with Gasteiger partial charge < -0.3 is 24.1 Å². The third kappa shape index (κ3) is 7.49. The number of carbonyl (C=O) groups is 2. The number of piperidine rings is 1. The normalized spacial score (nSPS) is 22.1. The zero-order valence-electron chi connectivity index (χ0n) is 22.7. The van der Waals surface area contributed by atoms with E-state index in [0.29, 0.717) is 32.2 Å². The first kappa shape index (κ1) is 27.0. The van der Waals surface area contributed by atoms with Gasteiger partial charge in [0.2, 0.25) is 5.91 Å². The Bertz CT molecular complexity index is 1000. The lowest BCUT2D eigenvalue weighted by Crippen LogP contribution is -2.42. The molecule has 1 aromatic rings. The number of benzene rings is 1. The highest BCUT2D eigenvalue weighted by molar-refractivity contribution is 5.93. The van der Waals surface area contributed by atoms with Gasteiger partial charge in [-0.15, -0.1) is 0 Å². The molecule has 1 aromatic carbocycles. The molecule has 0 saturated carbocycles. The Balaban J connectivity index is 1.20. The first-order valence-electron chi connectivity index (χ1n) is 13.5. The van der Waals surface area contributed by atoms with E-state index in [1.54, 1.807) is 12.0 Å². The summed E-state index contributed by atoms with van der Waals surface area (Å²) < 4.78 is 11.6. The highest BCUT2D eigenvalue weighted by Crippen LogP contribution is 2.32. The molecule has 0 bridgehead atoms. The van der Waals surface area contributed by atoms with Crippen LogP contribution < -0.4 is 4.74 Å². The molecule has 2 heterocycles. The molecule has 2 saturated heterocycles. The number of carbonyl (C=O) groups excluding carboxylic acids is 2. The predicted molar refractivity (Wildman–Crippen MR) is 143 cm³/mol. The number of hydrogen-bond donors (Lipinski definition) is 0. The number of allylic oxidation sites excluding steroid dienone is 2. The first-order chi connectivity index (χ1) is 17.7. The fourth-order valence-corrected chi connectivity index (χ4v) is 5.20. The minimum absolute atomic E-state index is 0.0509. The van der Waals surface area contributed by atoms with Gasteiger partial charge in [-0.2, -0.15) is 0 Å². The fourth-order valence-electron chi connectivity index (χ4n) is 5.20. The van der Waals surface area contributed by atoms with E-state index in [2.05, 4.69) is 23.4 Å². The Morgan fingerprint density at radius 2 is 1.73 bits per heavy atom. The van der Waals surface area contributed by atoms with Crippen LogP contribution in [0.15, 0.2) is 35.5 Å². The number of nitrogens with zero attached hydrogens (tertiary/aromatic N) is 3. The van der Waals surface area contributed by atoms with Crippen molar-refractivity contribution in [1.82, 2.24) is 9.80 Å². The first-order valence-corrected chi connectivity index (χ1v) is 13.5. The largest absolute Gasteiger partial charge is 0.493 e. The SMILES string of the molecule is CO/N=C1/CCN(C(=O)C2CC=C(c3ccc(OCC4CCN(C(=O)OC(C)(C)C)CC4)cc3)CC2)C1. The summed E-state index contributed by atoms with van der Waals surface area (Å²) in [5.41, 5.74) is 2.97. The van der Waals surface area contributed by atoms with Crippen molar-refractivity contribution in [2.45, 2.75) is 64.9 Å². The Kier molecular flexibility index (Phi) is 8.77. The summed E-state index contributed by atoms with van der Waals surface area (Å²) in [4.78, 5) is 33.7. The molecule has 1 unspecified atom stereocenters. The van der Waals surface area contributed by atoms with Gasteiger partial charge in [0.1, 0.15) is 18.5 Å². The van der Waals surface area contributed by atoms with Crippen molar-refractivity contribution in [3.8, 4) is 5.75 Å². The van der Waals surface area contributed by atoms with Crippen LogP contribution in [0.5, 0.6) is 5.75 Å². The number of rotatable bonds is 6. The van der Waals surface area contributed by atoms with Crippen LogP contribution in [-0.4, -0.2) is 73.0 Å². The lowest BCUT2D eigenvalue weighted by atomic mass is 9.86. The summed E-state index contributed by atoms with van der Waals surface area (Å²) in [6.07, 6.45) is 7.19. The van der Waals surface area contributed by atoms with Crippen LogP contribution in [0.1, 0.15) is 64.9 Å². The minimum Gasteiger partial charge on any atom is -0.493 e. The maximum Gasteiger partial charge on any atom is 0.410 e. The lowest BCUT2D eigenvalue weighted by Gasteiger charge is -2.33. The van der Waals surface area contributed by atoms with Crippen molar-refractivity contribution in [1.29, 1.82) is 0 Å². The molecule has 202 valence electrons. The standard InChI is InChI=1S/C29H41N3O5/c1-29(2,3)37-28(34)31-16-13-21(14-17-31)20-36-26-11-9-23(10-12-26)22-5-7-24(8-6-22)27(33)32-18-15-25(19-32)30-35-4/h5,9-12,21,24H,6-8,13-20H2,1-4H3/b30-25-.